The van der Waals surface area contributed by atoms with Gasteiger partial charge in [0.05, 0.1) is 31.3 Å². The molecule has 0 amide bonds. The smallest absolute Gasteiger partial charge is 0.345 e. The molecule has 0 radical (unpaired) electrons. The van der Waals surface area contributed by atoms with Crippen LogP contribution in [-0.2, 0) is 29.1 Å². The molecule has 4 N–H and O–H groups in total. The summed E-state index contributed by atoms with van der Waals surface area (Å²) in [6.45, 7) is 5.50. The normalized spacial score (nSPS) is 14.8. The zero-order chi connectivity index (χ0) is 29.3. The fourth-order valence-electron chi connectivity index (χ4n) is 4.35. The lowest BCUT2D eigenvalue weighted by Gasteiger charge is -2.34. The van der Waals surface area contributed by atoms with Crippen LogP contribution in [-0.4, -0.2) is 75.7 Å². The minimum absolute atomic E-state index is 0.0203. The number of sulfonamides is 1. The molecular formula is C28H37N3O8S. The number of nitrogens with zero attached hydrogens (tertiary/aromatic N) is 1. The number of aliphatic hydroxyl groups is 1. The van der Waals surface area contributed by atoms with Gasteiger partial charge < -0.3 is 29.9 Å². The number of aliphatic hydroxyl groups excluding tert-OH is 1. The number of carbonyl (C=O) groups excluding carboxylic acids is 2. The molecule has 0 unspecified atom stereocenters. The van der Waals surface area contributed by atoms with Gasteiger partial charge in [0, 0.05) is 31.4 Å². The Hall–Kier alpha value is -3.61. The molecule has 0 aliphatic carbocycles. The van der Waals surface area contributed by atoms with Crippen molar-refractivity contribution < 1.29 is 37.7 Å². The number of anilines is 2. The zero-order valence-electron chi connectivity index (χ0n) is 22.9. The molecule has 1 atom stereocenters. The summed E-state index contributed by atoms with van der Waals surface area (Å²) in [6.07, 6.45) is 3.27. The Morgan fingerprint density at radius 3 is 2.20 bits per heavy atom. The van der Waals surface area contributed by atoms with Gasteiger partial charge in [-0.15, -0.1) is 0 Å². The minimum Gasteiger partial charge on any atom is -0.506 e. The molecule has 0 aromatic heterocycles. The highest BCUT2D eigenvalue weighted by Gasteiger charge is 2.22. The van der Waals surface area contributed by atoms with Gasteiger partial charge in [0.25, 0.3) is 0 Å². The summed E-state index contributed by atoms with van der Waals surface area (Å²) in [5.41, 5.74) is 2.04. The van der Waals surface area contributed by atoms with Crippen LogP contribution < -0.4 is 14.9 Å². The van der Waals surface area contributed by atoms with Crippen LogP contribution in [0.15, 0.2) is 48.0 Å². The third-order valence-electron chi connectivity index (χ3n) is 6.36. The second-order valence-electron chi connectivity index (χ2n) is 9.43. The monoisotopic (exact) mass is 575 g/mol. The number of esters is 2. The summed E-state index contributed by atoms with van der Waals surface area (Å²) in [7, 11) is -3.57. The number of nitrogens with one attached hydrogen (secondary N) is 2. The van der Waals surface area contributed by atoms with Gasteiger partial charge in [0.1, 0.15) is 11.3 Å². The molecule has 218 valence electrons. The lowest BCUT2D eigenvalue weighted by Crippen LogP contribution is -2.43. The standard InChI is InChI=1S/C28H37N3O8S/c1-4-38-27(34)23(28(35)39-5-2)16-19-6-9-22(10-7-19)31-14-12-21(13-15-31)29-18-26(33)20-8-11-25(32)24(17-20)30-40(3,36)37/h6-11,16-17,21,26,29-30,32-33H,4-5,12-15,18H2,1-3H3/t26-/m0/s1. The lowest BCUT2D eigenvalue weighted by atomic mass is 10.0. The van der Waals surface area contributed by atoms with Gasteiger partial charge in [-0.05, 0) is 68.2 Å². The van der Waals surface area contributed by atoms with E-state index in [1.165, 1.54) is 18.2 Å². The van der Waals surface area contributed by atoms with Crippen molar-refractivity contribution in [3.8, 4) is 5.75 Å². The molecule has 0 saturated carbocycles. The van der Waals surface area contributed by atoms with Crippen molar-refractivity contribution in [1.29, 1.82) is 0 Å². The zero-order valence-corrected chi connectivity index (χ0v) is 23.7. The van der Waals surface area contributed by atoms with Crippen molar-refractivity contribution in [2.45, 2.75) is 38.8 Å². The highest BCUT2D eigenvalue weighted by atomic mass is 32.2. The Labute approximate surface area is 234 Å². The number of hydrogen-bond acceptors (Lipinski definition) is 10. The quantitative estimate of drug-likeness (QED) is 0.0976. The first kappa shape index (κ1) is 30.9. The maximum Gasteiger partial charge on any atom is 0.345 e. The Balaban J connectivity index is 1.54. The average molecular weight is 576 g/mol. The second-order valence-corrected chi connectivity index (χ2v) is 11.2. The van der Waals surface area contributed by atoms with E-state index in [-0.39, 0.29) is 42.8 Å². The van der Waals surface area contributed by atoms with Crippen molar-refractivity contribution in [2.24, 2.45) is 0 Å². The highest BCUT2D eigenvalue weighted by molar-refractivity contribution is 7.92. The molecule has 40 heavy (non-hydrogen) atoms. The number of piperidine rings is 1. The Morgan fingerprint density at radius 2 is 1.65 bits per heavy atom. The number of rotatable bonds is 12. The first-order valence-electron chi connectivity index (χ1n) is 13.1. The van der Waals surface area contributed by atoms with Gasteiger partial charge in [-0.25, -0.2) is 18.0 Å². The predicted octanol–water partition coefficient (Wildman–Crippen LogP) is 2.57. The summed E-state index contributed by atoms with van der Waals surface area (Å²) < 4.78 is 35.2. The van der Waals surface area contributed by atoms with Crippen LogP contribution in [0.5, 0.6) is 5.75 Å². The summed E-state index contributed by atoms with van der Waals surface area (Å²) >= 11 is 0. The van der Waals surface area contributed by atoms with Crippen LogP contribution in [0.1, 0.15) is 43.9 Å². The van der Waals surface area contributed by atoms with Crippen LogP contribution in [0, 0.1) is 0 Å². The Morgan fingerprint density at radius 1 is 1.05 bits per heavy atom. The predicted molar refractivity (Wildman–Crippen MR) is 152 cm³/mol. The third kappa shape index (κ3) is 8.97. The fourth-order valence-corrected chi connectivity index (χ4v) is 4.91. The van der Waals surface area contributed by atoms with Gasteiger partial charge in [-0.3, -0.25) is 4.72 Å². The van der Waals surface area contributed by atoms with E-state index in [4.69, 9.17) is 9.47 Å². The Kier molecular flexibility index (Phi) is 10.9. The summed E-state index contributed by atoms with van der Waals surface area (Å²) in [5, 5.41) is 23.9. The van der Waals surface area contributed by atoms with Crippen molar-refractivity contribution in [1.82, 2.24) is 5.32 Å². The van der Waals surface area contributed by atoms with E-state index in [2.05, 4.69) is 14.9 Å². The number of ether oxygens (including phenoxy) is 2. The van der Waals surface area contributed by atoms with E-state index in [1.54, 1.807) is 19.9 Å². The number of hydrogen-bond donors (Lipinski definition) is 4. The van der Waals surface area contributed by atoms with E-state index in [0.29, 0.717) is 11.1 Å². The van der Waals surface area contributed by atoms with E-state index >= 15 is 0 Å². The Bertz CT molecular complexity index is 1280. The largest absolute Gasteiger partial charge is 0.506 e. The number of carbonyl (C=O) groups is 2. The molecule has 12 heteroatoms. The molecule has 1 heterocycles. The van der Waals surface area contributed by atoms with Crippen molar-refractivity contribution in [3.05, 3.63) is 59.2 Å². The van der Waals surface area contributed by atoms with Crippen molar-refractivity contribution in [2.75, 3.05) is 48.7 Å². The molecule has 11 nitrogen and oxygen atoms in total. The molecule has 0 bridgehead atoms. The number of phenols is 1. The summed E-state index contributed by atoms with van der Waals surface area (Å²) in [6, 6.07) is 12.0. The summed E-state index contributed by atoms with van der Waals surface area (Å²) in [5.74, 6) is -1.66. The minimum atomic E-state index is -3.57. The molecule has 3 rings (SSSR count). The van der Waals surface area contributed by atoms with E-state index in [9.17, 15) is 28.2 Å². The van der Waals surface area contributed by atoms with Gasteiger partial charge in [0.2, 0.25) is 10.0 Å². The number of benzene rings is 2. The SMILES string of the molecule is CCOC(=O)C(=Cc1ccc(N2CCC(NC[C@H](O)c3ccc(O)c(NS(C)(=O)=O)c3)CC2)cc1)C(=O)OCC. The number of phenolic OH excluding ortho intramolecular Hbond substituents is 1. The molecule has 0 spiro atoms. The van der Waals surface area contributed by atoms with Gasteiger partial charge in [0.15, 0.2) is 0 Å². The van der Waals surface area contributed by atoms with E-state index < -0.39 is 28.1 Å². The van der Waals surface area contributed by atoms with Crippen molar-refractivity contribution >= 4 is 39.4 Å². The molecule has 1 aliphatic rings. The molecule has 1 aliphatic heterocycles. The lowest BCUT2D eigenvalue weighted by molar-refractivity contribution is -0.146. The highest BCUT2D eigenvalue weighted by Crippen LogP contribution is 2.28. The van der Waals surface area contributed by atoms with E-state index in [0.717, 1.165) is 37.9 Å². The van der Waals surface area contributed by atoms with Crippen LogP contribution in [0.25, 0.3) is 6.08 Å². The fraction of sp³-hybridized carbons (Fsp3) is 0.429. The average Bonchev–Trinajstić information content (AvgIpc) is 2.91. The van der Waals surface area contributed by atoms with Crippen LogP contribution in [0.4, 0.5) is 11.4 Å². The molecule has 1 fully saturated rings. The molecule has 2 aromatic carbocycles. The topological polar surface area (TPSA) is 154 Å². The molecule has 2 aromatic rings. The number of aromatic hydroxyl groups is 1. The second kappa shape index (κ2) is 14.1. The maximum absolute atomic E-state index is 12.2. The first-order valence-corrected chi connectivity index (χ1v) is 15.0. The van der Waals surface area contributed by atoms with Crippen LogP contribution >= 0.6 is 0 Å². The van der Waals surface area contributed by atoms with E-state index in [1.807, 2.05) is 24.3 Å². The first-order chi connectivity index (χ1) is 19.0. The van der Waals surface area contributed by atoms with Gasteiger partial charge >= 0.3 is 11.9 Å². The third-order valence-corrected chi connectivity index (χ3v) is 6.95. The van der Waals surface area contributed by atoms with Crippen LogP contribution in [0.3, 0.4) is 0 Å². The molecular weight excluding hydrogens is 538 g/mol. The van der Waals surface area contributed by atoms with Gasteiger partial charge in [-0.2, -0.15) is 0 Å². The maximum atomic E-state index is 12.2. The van der Waals surface area contributed by atoms with Gasteiger partial charge in [-0.1, -0.05) is 18.2 Å². The summed E-state index contributed by atoms with van der Waals surface area (Å²) in [4.78, 5) is 26.7. The molecule has 1 saturated heterocycles. The van der Waals surface area contributed by atoms with Crippen LogP contribution in [0.2, 0.25) is 0 Å². The van der Waals surface area contributed by atoms with Crippen molar-refractivity contribution in [3.63, 3.8) is 0 Å².